The molecule has 3 rings (SSSR count). The fraction of sp³-hybridized carbons (Fsp3) is 0.0833. The smallest absolute Gasteiger partial charge is 0.345 e. The van der Waals surface area contributed by atoms with Crippen molar-refractivity contribution in [2.45, 2.75) is 6.92 Å². The van der Waals surface area contributed by atoms with Gasteiger partial charge in [0.25, 0.3) is 0 Å². The van der Waals surface area contributed by atoms with Crippen molar-refractivity contribution in [3.63, 3.8) is 0 Å². The number of nitrogens with zero attached hydrogens (tertiary/aromatic N) is 1. The van der Waals surface area contributed by atoms with Crippen molar-refractivity contribution in [3.8, 4) is 11.5 Å². The van der Waals surface area contributed by atoms with Gasteiger partial charge in [-0.1, -0.05) is 46.4 Å². The van der Waals surface area contributed by atoms with Crippen molar-refractivity contribution in [2.24, 2.45) is 5.10 Å². The fourth-order valence-corrected chi connectivity index (χ4v) is 3.53. The third-order valence-corrected chi connectivity index (χ3v) is 5.67. The van der Waals surface area contributed by atoms with E-state index in [0.29, 0.717) is 27.9 Å². The minimum Gasteiger partial charge on any atom is -0.490 e. The van der Waals surface area contributed by atoms with E-state index < -0.39 is 17.8 Å². The molecule has 186 valence electrons. The molecule has 0 heterocycles. The molecule has 0 aliphatic carbocycles. The van der Waals surface area contributed by atoms with E-state index in [1.807, 2.05) is 0 Å². The van der Waals surface area contributed by atoms with Crippen LogP contribution in [0.1, 0.15) is 22.8 Å². The highest BCUT2D eigenvalue weighted by atomic mass is 35.5. The van der Waals surface area contributed by atoms with Gasteiger partial charge in [0.1, 0.15) is 0 Å². The van der Waals surface area contributed by atoms with E-state index in [1.165, 1.54) is 48.7 Å². The van der Waals surface area contributed by atoms with Crippen LogP contribution in [0.15, 0.2) is 59.7 Å². The van der Waals surface area contributed by atoms with E-state index in [0.717, 1.165) is 0 Å². The number of rotatable bonds is 7. The number of hydrogen-bond donors (Lipinski definition) is 2. The van der Waals surface area contributed by atoms with Crippen molar-refractivity contribution in [3.05, 3.63) is 85.8 Å². The van der Waals surface area contributed by atoms with Crippen LogP contribution in [0.4, 0.5) is 5.69 Å². The Bertz CT molecular complexity index is 1350. The second-order valence-electron chi connectivity index (χ2n) is 6.94. The van der Waals surface area contributed by atoms with Gasteiger partial charge in [-0.25, -0.2) is 10.2 Å². The Hall–Kier alpha value is -3.30. The lowest BCUT2D eigenvalue weighted by molar-refractivity contribution is -0.136. The molecule has 0 aliphatic heterocycles. The van der Waals surface area contributed by atoms with Crippen LogP contribution in [0, 0.1) is 0 Å². The van der Waals surface area contributed by atoms with Gasteiger partial charge in [-0.15, -0.1) is 0 Å². The molecule has 3 aromatic carbocycles. The lowest BCUT2D eigenvalue weighted by Gasteiger charge is -2.12. The molecule has 8 nitrogen and oxygen atoms in total. The Kier molecular flexibility index (Phi) is 9.55. The monoisotopic (exact) mass is 567 g/mol. The number of amides is 2. The molecule has 0 unspecified atom stereocenters. The van der Waals surface area contributed by atoms with E-state index in [1.54, 1.807) is 19.1 Å². The molecule has 0 atom stereocenters. The summed E-state index contributed by atoms with van der Waals surface area (Å²) in [6.07, 6.45) is 1.29. The van der Waals surface area contributed by atoms with E-state index in [9.17, 15) is 14.4 Å². The van der Waals surface area contributed by atoms with Crippen LogP contribution in [-0.2, 0) is 9.59 Å². The third kappa shape index (κ3) is 7.35. The summed E-state index contributed by atoms with van der Waals surface area (Å²) in [5.41, 5.74) is 3.04. The summed E-state index contributed by atoms with van der Waals surface area (Å²) in [6, 6.07) is 13.4. The minimum absolute atomic E-state index is 0.135. The number of esters is 1. The van der Waals surface area contributed by atoms with Crippen molar-refractivity contribution in [2.75, 3.05) is 11.9 Å². The summed E-state index contributed by atoms with van der Waals surface area (Å²) < 4.78 is 11.0. The second kappa shape index (κ2) is 12.6. The number of anilines is 1. The van der Waals surface area contributed by atoms with Gasteiger partial charge in [0, 0.05) is 10.7 Å². The lowest BCUT2D eigenvalue weighted by atomic mass is 10.2. The summed E-state index contributed by atoms with van der Waals surface area (Å²) >= 11 is 23.7. The largest absolute Gasteiger partial charge is 0.490 e. The van der Waals surface area contributed by atoms with Gasteiger partial charge in [-0.05, 0) is 67.1 Å². The van der Waals surface area contributed by atoms with E-state index >= 15 is 0 Å². The molecule has 2 N–H and O–H groups in total. The highest BCUT2D eigenvalue weighted by Crippen LogP contribution is 2.30. The fourth-order valence-electron chi connectivity index (χ4n) is 2.75. The summed E-state index contributed by atoms with van der Waals surface area (Å²) in [5, 5.41) is 7.21. The quantitative estimate of drug-likeness (QED) is 0.119. The predicted octanol–water partition coefficient (Wildman–Crippen LogP) is 6.01. The minimum atomic E-state index is -1.01. The zero-order valence-corrected chi connectivity index (χ0v) is 21.5. The zero-order valence-electron chi connectivity index (χ0n) is 18.5. The first-order valence-electron chi connectivity index (χ1n) is 10.2. The number of ether oxygens (including phenoxy) is 2. The van der Waals surface area contributed by atoms with Gasteiger partial charge < -0.3 is 14.8 Å². The van der Waals surface area contributed by atoms with Crippen LogP contribution in [0.2, 0.25) is 20.1 Å². The van der Waals surface area contributed by atoms with Crippen molar-refractivity contribution in [1.82, 2.24) is 5.43 Å². The Morgan fingerprint density at radius 3 is 2.33 bits per heavy atom. The maximum absolute atomic E-state index is 12.5. The maximum atomic E-state index is 12.5. The molecule has 2 amide bonds. The molecule has 0 aromatic heterocycles. The Morgan fingerprint density at radius 2 is 1.64 bits per heavy atom. The molecule has 0 radical (unpaired) electrons. The molecule has 0 saturated heterocycles. The first kappa shape index (κ1) is 27.3. The van der Waals surface area contributed by atoms with E-state index in [4.69, 9.17) is 55.9 Å². The molecule has 0 saturated carbocycles. The van der Waals surface area contributed by atoms with Gasteiger partial charge in [-0.2, -0.15) is 5.10 Å². The molecule has 0 bridgehead atoms. The predicted molar refractivity (Wildman–Crippen MR) is 140 cm³/mol. The van der Waals surface area contributed by atoms with Crippen molar-refractivity contribution >= 4 is 76.1 Å². The Morgan fingerprint density at radius 1 is 0.861 bits per heavy atom. The SMILES string of the molecule is CCOc1cc(C=NNC(=O)C(=O)Nc2ccc(Cl)c(Cl)c2)ccc1OC(=O)c1ccc(Cl)cc1Cl. The van der Waals surface area contributed by atoms with Gasteiger partial charge in [0.15, 0.2) is 11.5 Å². The van der Waals surface area contributed by atoms with Crippen molar-refractivity contribution < 1.29 is 23.9 Å². The Labute approximate surface area is 226 Å². The normalized spacial score (nSPS) is 10.7. The average molecular weight is 569 g/mol. The first-order chi connectivity index (χ1) is 17.2. The van der Waals surface area contributed by atoms with Crippen molar-refractivity contribution in [1.29, 1.82) is 0 Å². The van der Waals surface area contributed by atoms with Crippen LogP contribution in [0.5, 0.6) is 11.5 Å². The van der Waals surface area contributed by atoms with Gasteiger partial charge in [0.2, 0.25) is 0 Å². The van der Waals surface area contributed by atoms with Crippen LogP contribution >= 0.6 is 46.4 Å². The average Bonchev–Trinajstić information content (AvgIpc) is 2.83. The van der Waals surface area contributed by atoms with E-state index in [-0.39, 0.29) is 27.1 Å². The molecule has 0 spiro atoms. The van der Waals surface area contributed by atoms with E-state index in [2.05, 4.69) is 15.8 Å². The van der Waals surface area contributed by atoms with Gasteiger partial charge in [0.05, 0.1) is 33.5 Å². The van der Waals surface area contributed by atoms with Crippen LogP contribution in [0.25, 0.3) is 0 Å². The summed E-state index contributed by atoms with van der Waals surface area (Å²) in [6.45, 7) is 2.05. The number of nitrogens with one attached hydrogen (secondary N) is 2. The molecular formula is C24H17Cl4N3O5. The number of hydrogen-bond acceptors (Lipinski definition) is 6. The highest BCUT2D eigenvalue weighted by molar-refractivity contribution is 6.43. The molecule has 3 aromatic rings. The zero-order chi connectivity index (χ0) is 26.2. The second-order valence-corrected chi connectivity index (χ2v) is 8.59. The maximum Gasteiger partial charge on any atom is 0.345 e. The van der Waals surface area contributed by atoms with Crippen LogP contribution in [-0.4, -0.2) is 30.6 Å². The molecule has 0 aliphatic rings. The standard InChI is InChI=1S/C24H17Cl4N3O5/c1-2-35-21-9-13(3-8-20(21)36-24(34)16-6-4-14(25)10-18(16)27)12-29-31-23(33)22(32)30-15-5-7-17(26)19(28)11-15/h3-12H,2H2,1H3,(H,30,32)(H,31,33). The van der Waals surface area contributed by atoms with Crippen LogP contribution in [0.3, 0.4) is 0 Å². The molecular weight excluding hydrogens is 552 g/mol. The number of hydrazone groups is 1. The number of carbonyl (C=O) groups is 3. The lowest BCUT2D eigenvalue weighted by Crippen LogP contribution is -2.32. The molecule has 36 heavy (non-hydrogen) atoms. The summed E-state index contributed by atoms with van der Waals surface area (Å²) in [7, 11) is 0. The Balaban J connectivity index is 1.65. The van der Waals surface area contributed by atoms with Crippen LogP contribution < -0.4 is 20.2 Å². The summed E-state index contributed by atoms with van der Waals surface area (Å²) in [4.78, 5) is 36.6. The van der Waals surface area contributed by atoms with Gasteiger partial charge >= 0.3 is 17.8 Å². The first-order valence-corrected chi connectivity index (χ1v) is 11.7. The molecule has 12 heteroatoms. The molecule has 0 fully saturated rings. The topological polar surface area (TPSA) is 106 Å². The summed E-state index contributed by atoms with van der Waals surface area (Å²) in [5.74, 6) is -2.26. The highest BCUT2D eigenvalue weighted by Gasteiger charge is 2.17. The number of carbonyl (C=O) groups excluding carboxylic acids is 3. The van der Waals surface area contributed by atoms with Gasteiger partial charge in [-0.3, -0.25) is 9.59 Å². The number of benzene rings is 3. The number of halogens is 4. The third-order valence-electron chi connectivity index (χ3n) is 4.38.